The van der Waals surface area contributed by atoms with Crippen LogP contribution < -0.4 is 10.6 Å². The van der Waals surface area contributed by atoms with E-state index in [-0.39, 0.29) is 17.7 Å². The summed E-state index contributed by atoms with van der Waals surface area (Å²) in [5.74, 6) is 0.139. The number of carbonyl (C=O) groups is 2. The Bertz CT molecular complexity index is 168. The lowest BCUT2D eigenvalue weighted by atomic mass is 10.1. The summed E-state index contributed by atoms with van der Waals surface area (Å²) in [7, 11) is 1.60. The highest BCUT2D eigenvalue weighted by atomic mass is 16.2. The van der Waals surface area contributed by atoms with E-state index in [1.54, 1.807) is 7.05 Å². The Morgan fingerprint density at radius 3 is 2.42 bits per heavy atom. The van der Waals surface area contributed by atoms with Crippen molar-refractivity contribution in [2.45, 2.75) is 20.3 Å². The zero-order chi connectivity index (χ0) is 9.56. The second-order valence-corrected chi connectivity index (χ2v) is 2.92. The summed E-state index contributed by atoms with van der Waals surface area (Å²) >= 11 is 0. The molecule has 0 aliphatic carbocycles. The van der Waals surface area contributed by atoms with Gasteiger partial charge in [-0.15, -0.1) is 0 Å². The van der Waals surface area contributed by atoms with Gasteiger partial charge in [0.15, 0.2) is 0 Å². The van der Waals surface area contributed by atoms with Gasteiger partial charge in [-0.1, -0.05) is 6.92 Å². The van der Waals surface area contributed by atoms with Crippen molar-refractivity contribution in [2.24, 2.45) is 5.92 Å². The summed E-state index contributed by atoms with van der Waals surface area (Å²) in [6.07, 6.45) is 0.455. The lowest BCUT2D eigenvalue weighted by Crippen LogP contribution is -2.29. The fourth-order valence-electron chi connectivity index (χ4n) is 0.809. The molecule has 0 rings (SSSR count). The monoisotopic (exact) mass is 172 g/mol. The van der Waals surface area contributed by atoms with Crippen LogP contribution >= 0.6 is 0 Å². The Balaban J connectivity index is 3.52. The highest BCUT2D eigenvalue weighted by molar-refractivity contribution is 5.76. The molecule has 0 radical (unpaired) electrons. The van der Waals surface area contributed by atoms with Crippen LogP contribution in [0, 0.1) is 5.92 Å². The van der Waals surface area contributed by atoms with E-state index in [0.717, 1.165) is 0 Å². The van der Waals surface area contributed by atoms with Gasteiger partial charge in [0, 0.05) is 26.9 Å². The van der Waals surface area contributed by atoms with E-state index in [2.05, 4.69) is 10.6 Å². The molecule has 0 spiro atoms. The number of hydrogen-bond donors (Lipinski definition) is 2. The first-order valence-electron chi connectivity index (χ1n) is 4.01. The van der Waals surface area contributed by atoms with Crippen molar-refractivity contribution in [1.82, 2.24) is 10.6 Å². The Labute approximate surface area is 72.7 Å². The summed E-state index contributed by atoms with van der Waals surface area (Å²) < 4.78 is 0. The average Bonchev–Trinajstić information content (AvgIpc) is 2.00. The lowest BCUT2D eigenvalue weighted by molar-refractivity contribution is -0.122. The zero-order valence-corrected chi connectivity index (χ0v) is 7.81. The normalized spacial score (nSPS) is 11.9. The molecule has 2 N–H and O–H groups in total. The minimum atomic E-state index is -0.0567. The van der Waals surface area contributed by atoms with Gasteiger partial charge in [0.1, 0.15) is 0 Å². The number of rotatable bonds is 4. The number of carbonyl (C=O) groups excluding carboxylic acids is 2. The first-order valence-corrected chi connectivity index (χ1v) is 4.01. The average molecular weight is 172 g/mol. The molecule has 1 unspecified atom stereocenters. The minimum Gasteiger partial charge on any atom is -0.359 e. The molecule has 0 aromatic rings. The number of nitrogens with one attached hydrogen (secondary N) is 2. The van der Waals surface area contributed by atoms with E-state index in [4.69, 9.17) is 0 Å². The van der Waals surface area contributed by atoms with E-state index in [0.29, 0.717) is 13.0 Å². The molecule has 12 heavy (non-hydrogen) atoms. The molecule has 0 bridgehead atoms. The molecule has 1 atom stereocenters. The van der Waals surface area contributed by atoms with Gasteiger partial charge in [0.2, 0.25) is 11.8 Å². The summed E-state index contributed by atoms with van der Waals surface area (Å²) in [4.78, 5) is 21.3. The van der Waals surface area contributed by atoms with Crippen LogP contribution in [-0.2, 0) is 9.59 Å². The molecule has 4 nitrogen and oxygen atoms in total. The Hall–Kier alpha value is -1.06. The molecule has 0 saturated carbocycles. The van der Waals surface area contributed by atoms with Gasteiger partial charge in [-0.2, -0.15) is 0 Å². The van der Waals surface area contributed by atoms with Crippen molar-refractivity contribution in [3.8, 4) is 0 Å². The van der Waals surface area contributed by atoms with E-state index in [9.17, 15) is 9.59 Å². The minimum absolute atomic E-state index is 0.00727. The maximum absolute atomic E-state index is 10.8. The Morgan fingerprint density at radius 1 is 1.42 bits per heavy atom. The molecule has 2 amide bonds. The van der Waals surface area contributed by atoms with Crippen molar-refractivity contribution >= 4 is 11.8 Å². The summed E-state index contributed by atoms with van der Waals surface area (Å²) in [5.41, 5.74) is 0. The van der Waals surface area contributed by atoms with Gasteiger partial charge in [0.05, 0.1) is 0 Å². The summed E-state index contributed by atoms with van der Waals surface area (Å²) in [6.45, 7) is 3.94. The van der Waals surface area contributed by atoms with Crippen LogP contribution in [0.1, 0.15) is 20.3 Å². The van der Waals surface area contributed by atoms with Crippen molar-refractivity contribution in [1.29, 1.82) is 0 Å². The van der Waals surface area contributed by atoms with Crippen molar-refractivity contribution in [3.63, 3.8) is 0 Å². The maximum atomic E-state index is 10.8. The van der Waals surface area contributed by atoms with Gasteiger partial charge in [-0.05, 0) is 5.92 Å². The Kier molecular flexibility index (Phi) is 5.08. The quantitative estimate of drug-likeness (QED) is 0.622. The second-order valence-electron chi connectivity index (χ2n) is 2.92. The predicted molar refractivity (Wildman–Crippen MR) is 46.5 cm³/mol. The first-order chi connectivity index (χ1) is 5.56. The van der Waals surface area contributed by atoms with Crippen LogP contribution in [0.15, 0.2) is 0 Å². The van der Waals surface area contributed by atoms with Gasteiger partial charge in [0.25, 0.3) is 0 Å². The van der Waals surface area contributed by atoms with Crippen LogP contribution in [0.2, 0.25) is 0 Å². The third-order valence-corrected chi connectivity index (χ3v) is 1.51. The van der Waals surface area contributed by atoms with Crippen LogP contribution in [0.3, 0.4) is 0 Å². The highest BCUT2D eigenvalue weighted by Gasteiger charge is 2.07. The molecule has 4 heteroatoms. The second kappa shape index (κ2) is 5.57. The van der Waals surface area contributed by atoms with Gasteiger partial charge in [-0.3, -0.25) is 9.59 Å². The molecule has 70 valence electrons. The van der Waals surface area contributed by atoms with Crippen LogP contribution in [0.4, 0.5) is 0 Å². The third-order valence-electron chi connectivity index (χ3n) is 1.51. The predicted octanol–water partition coefficient (Wildman–Crippen LogP) is -0.105. The van der Waals surface area contributed by atoms with Gasteiger partial charge >= 0.3 is 0 Å². The number of amides is 2. The van der Waals surface area contributed by atoms with Gasteiger partial charge in [-0.25, -0.2) is 0 Å². The molecular weight excluding hydrogens is 156 g/mol. The van der Waals surface area contributed by atoms with Crippen molar-refractivity contribution in [2.75, 3.05) is 13.6 Å². The third kappa shape index (κ3) is 5.70. The zero-order valence-electron chi connectivity index (χ0n) is 7.81. The maximum Gasteiger partial charge on any atom is 0.220 e. The largest absolute Gasteiger partial charge is 0.359 e. The van der Waals surface area contributed by atoms with E-state index in [1.807, 2.05) is 6.92 Å². The molecule has 0 aromatic carbocycles. The van der Waals surface area contributed by atoms with Crippen LogP contribution in [0.25, 0.3) is 0 Å². The smallest absolute Gasteiger partial charge is 0.220 e. The van der Waals surface area contributed by atoms with Crippen LogP contribution in [0.5, 0.6) is 0 Å². The van der Waals surface area contributed by atoms with Crippen molar-refractivity contribution in [3.05, 3.63) is 0 Å². The van der Waals surface area contributed by atoms with Crippen molar-refractivity contribution < 1.29 is 9.59 Å². The molecule has 0 saturated heterocycles. The molecule has 0 fully saturated rings. The number of hydrogen-bond acceptors (Lipinski definition) is 2. The summed E-state index contributed by atoms with van der Waals surface area (Å²) in [5, 5.41) is 5.19. The fourth-order valence-corrected chi connectivity index (χ4v) is 0.809. The fraction of sp³-hybridized carbons (Fsp3) is 0.750. The lowest BCUT2D eigenvalue weighted by Gasteiger charge is -2.09. The SMILES string of the molecule is CNC(=O)CC(C)CNC(C)=O. The Morgan fingerprint density at radius 2 is 2.00 bits per heavy atom. The standard InChI is InChI=1S/C8H16N2O2/c1-6(4-8(12)9-3)5-10-7(2)11/h6H,4-5H2,1-3H3,(H,9,12)(H,10,11). The van der Waals surface area contributed by atoms with E-state index < -0.39 is 0 Å². The summed E-state index contributed by atoms with van der Waals surface area (Å²) in [6, 6.07) is 0. The van der Waals surface area contributed by atoms with Crippen LogP contribution in [-0.4, -0.2) is 25.4 Å². The van der Waals surface area contributed by atoms with E-state index >= 15 is 0 Å². The molecule has 0 aliphatic heterocycles. The van der Waals surface area contributed by atoms with E-state index in [1.165, 1.54) is 6.92 Å². The topological polar surface area (TPSA) is 58.2 Å². The molecule has 0 aliphatic rings. The first kappa shape index (κ1) is 10.9. The highest BCUT2D eigenvalue weighted by Crippen LogP contribution is 1.98. The molecule has 0 heterocycles. The molecule has 0 aromatic heterocycles. The molecular formula is C8H16N2O2. The van der Waals surface area contributed by atoms with Gasteiger partial charge < -0.3 is 10.6 Å².